The van der Waals surface area contributed by atoms with Crippen molar-refractivity contribution in [1.82, 2.24) is 0 Å². The predicted molar refractivity (Wildman–Crippen MR) is 48.9 cm³/mol. The molecule has 1 heteroatoms. The molecule has 0 radical (unpaired) electrons. The highest BCUT2D eigenvalue weighted by Gasteiger charge is 2.66. The number of hydrogen-bond acceptors (Lipinski definition) is 0. The van der Waals surface area contributed by atoms with Crippen molar-refractivity contribution < 1.29 is 0 Å². The minimum Gasteiger partial charge on any atom is -0.126 e. The molecule has 0 nitrogen and oxygen atoms in total. The predicted octanol–water partition coefficient (Wildman–Crippen LogP) is 3.44. The van der Waals surface area contributed by atoms with Crippen molar-refractivity contribution in [2.45, 2.75) is 39.5 Å². The molecule has 3 aliphatic carbocycles. The maximum atomic E-state index is 5.88. The van der Waals surface area contributed by atoms with Gasteiger partial charge in [-0.3, -0.25) is 0 Å². The van der Waals surface area contributed by atoms with Gasteiger partial charge in [-0.15, -0.1) is 11.6 Å². The van der Waals surface area contributed by atoms with Crippen molar-refractivity contribution in [2.24, 2.45) is 16.7 Å². The molecule has 64 valence electrons. The van der Waals surface area contributed by atoms with E-state index in [1.54, 1.807) is 0 Å². The lowest BCUT2D eigenvalue weighted by molar-refractivity contribution is -0.197. The molecule has 0 aromatic carbocycles. The lowest BCUT2D eigenvalue weighted by atomic mass is 9.34. The van der Waals surface area contributed by atoms with Crippen LogP contribution in [0, 0.1) is 16.7 Å². The van der Waals surface area contributed by atoms with E-state index >= 15 is 0 Å². The topological polar surface area (TPSA) is 0 Å². The molecule has 3 fully saturated rings. The first-order chi connectivity index (χ1) is 5.10. The second-order valence-corrected chi connectivity index (χ2v) is 5.53. The highest BCUT2D eigenvalue weighted by Crippen LogP contribution is 2.75. The summed E-state index contributed by atoms with van der Waals surface area (Å²) >= 11 is 5.88. The van der Waals surface area contributed by atoms with E-state index in [2.05, 4.69) is 13.8 Å². The van der Waals surface area contributed by atoms with Crippen LogP contribution in [0.25, 0.3) is 0 Å². The second kappa shape index (κ2) is 2.16. The van der Waals surface area contributed by atoms with Gasteiger partial charge in [-0.25, -0.2) is 0 Å². The first kappa shape index (κ1) is 7.91. The van der Waals surface area contributed by atoms with Crippen LogP contribution in [0.3, 0.4) is 0 Å². The third-order valence-corrected chi connectivity index (χ3v) is 3.94. The van der Waals surface area contributed by atoms with Gasteiger partial charge in [0.05, 0.1) is 0 Å². The Bertz CT molecular complexity index is 152. The molecule has 0 aliphatic heterocycles. The molecule has 0 spiro atoms. The standard InChI is InChI=1S/C10H17Cl/c1-8(2)3-9-4-10(5-9,6-9)7-11/h8H,3-7H2,1-2H3. The van der Waals surface area contributed by atoms with E-state index < -0.39 is 0 Å². The van der Waals surface area contributed by atoms with E-state index in [0.717, 1.165) is 17.2 Å². The highest BCUT2D eigenvalue weighted by atomic mass is 35.5. The summed E-state index contributed by atoms with van der Waals surface area (Å²) in [4.78, 5) is 0. The molecule has 2 bridgehead atoms. The molecular formula is C10H17Cl. The van der Waals surface area contributed by atoms with Crippen LogP contribution >= 0.6 is 11.6 Å². The van der Waals surface area contributed by atoms with E-state index in [9.17, 15) is 0 Å². The fraction of sp³-hybridized carbons (Fsp3) is 1.00. The average Bonchev–Trinajstić information content (AvgIpc) is 1.74. The quantitative estimate of drug-likeness (QED) is 0.573. The molecule has 0 amide bonds. The van der Waals surface area contributed by atoms with Crippen LogP contribution in [-0.2, 0) is 0 Å². The largest absolute Gasteiger partial charge is 0.126 e. The lowest BCUT2D eigenvalue weighted by Crippen LogP contribution is -2.62. The summed E-state index contributed by atoms with van der Waals surface area (Å²) in [6.07, 6.45) is 5.73. The Morgan fingerprint density at radius 2 is 1.73 bits per heavy atom. The maximum absolute atomic E-state index is 5.88. The van der Waals surface area contributed by atoms with Crippen molar-refractivity contribution in [3.8, 4) is 0 Å². The smallest absolute Gasteiger partial charge is 0.0280 e. The molecule has 0 saturated heterocycles. The summed E-state index contributed by atoms with van der Waals surface area (Å²) in [6.45, 7) is 4.65. The SMILES string of the molecule is CC(C)CC12CC(CCl)(C1)C2. The molecule has 0 aromatic rings. The molecule has 3 saturated carbocycles. The number of alkyl halides is 1. The van der Waals surface area contributed by atoms with Crippen LogP contribution in [0.4, 0.5) is 0 Å². The molecule has 0 N–H and O–H groups in total. The monoisotopic (exact) mass is 172 g/mol. The fourth-order valence-corrected chi connectivity index (χ4v) is 3.74. The molecule has 0 atom stereocenters. The van der Waals surface area contributed by atoms with E-state index in [0.29, 0.717) is 5.41 Å². The van der Waals surface area contributed by atoms with Gasteiger partial charge < -0.3 is 0 Å². The maximum Gasteiger partial charge on any atom is 0.0280 e. The van der Waals surface area contributed by atoms with Crippen LogP contribution in [0.1, 0.15) is 39.5 Å². The third kappa shape index (κ3) is 1.02. The van der Waals surface area contributed by atoms with E-state index in [4.69, 9.17) is 11.6 Å². The average molecular weight is 173 g/mol. The minimum atomic E-state index is 0.621. The second-order valence-electron chi connectivity index (χ2n) is 5.26. The third-order valence-electron chi connectivity index (χ3n) is 3.37. The summed E-state index contributed by atoms with van der Waals surface area (Å²) in [6, 6.07) is 0. The minimum absolute atomic E-state index is 0.621. The molecule has 11 heavy (non-hydrogen) atoms. The first-order valence-electron chi connectivity index (χ1n) is 4.66. The Kier molecular flexibility index (Phi) is 1.55. The van der Waals surface area contributed by atoms with E-state index in [-0.39, 0.29) is 0 Å². The first-order valence-corrected chi connectivity index (χ1v) is 5.19. The zero-order valence-corrected chi connectivity index (χ0v) is 8.25. The van der Waals surface area contributed by atoms with Crippen molar-refractivity contribution in [1.29, 1.82) is 0 Å². The molecule has 0 heterocycles. The Balaban J connectivity index is 1.85. The Labute approximate surface area is 74.3 Å². The summed E-state index contributed by atoms with van der Waals surface area (Å²) in [5.74, 6) is 1.79. The Hall–Kier alpha value is 0.290. The normalized spacial score (nSPS) is 46.9. The van der Waals surface area contributed by atoms with Gasteiger partial charge in [-0.1, -0.05) is 13.8 Å². The van der Waals surface area contributed by atoms with Gasteiger partial charge in [-0.2, -0.15) is 0 Å². The van der Waals surface area contributed by atoms with Gasteiger partial charge in [0.25, 0.3) is 0 Å². The van der Waals surface area contributed by atoms with Gasteiger partial charge in [0.1, 0.15) is 0 Å². The lowest BCUT2D eigenvalue weighted by Gasteiger charge is -2.71. The van der Waals surface area contributed by atoms with Crippen molar-refractivity contribution in [2.75, 3.05) is 5.88 Å². The van der Waals surface area contributed by atoms with Crippen LogP contribution in [-0.4, -0.2) is 5.88 Å². The number of hydrogen-bond donors (Lipinski definition) is 0. The fourth-order valence-electron chi connectivity index (χ4n) is 3.46. The van der Waals surface area contributed by atoms with E-state index in [1.807, 2.05) is 0 Å². The summed E-state index contributed by atoms with van der Waals surface area (Å²) in [7, 11) is 0. The highest BCUT2D eigenvalue weighted by molar-refractivity contribution is 6.18. The zero-order valence-electron chi connectivity index (χ0n) is 7.49. The van der Waals surface area contributed by atoms with Gasteiger partial charge in [0, 0.05) is 5.88 Å². The van der Waals surface area contributed by atoms with Crippen molar-refractivity contribution in [3.63, 3.8) is 0 Å². The van der Waals surface area contributed by atoms with Crippen LogP contribution in [0.2, 0.25) is 0 Å². The van der Waals surface area contributed by atoms with Gasteiger partial charge in [-0.05, 0) is 42.4 Å². The van der Waals surface area contributed by atoms with Crippen LogP contribution < -0.4 is 0 Å². The molecule has 0 aromatic heterocycles. The summed E-state index contributed by atoms with van der Waals surface area (Å²) in [5.41, 5.74) is 1.39. The van der Waals surface area contributed by atoms with Gasteiger partial charge in [0.15, 0.2) is 0 Å². The molecule has 3 aliphatic rings. The zero-order chi connectivity index (χ0) is 8.11. The van der Waals surface area contributed by atoms with Gasteiger partial charge >= 0.3 is 0 Å². The van der Waals surface area contributed by atoms with E-state index in [1.165, 1.54) is 25.7 Å². The van der Waals surface area contributed by atoms with Gasteiger partial charge in [0.2, 0.25) is 0 Å². The molecular weight excluding hydrogens is 156 g/mol. The van der Waals surface area contributed by atoms with Crippen LogP contribution in [0.15, 0.2) is 0 Å². The Morgan fingerprint density at radius 1 is 1.18 bits per heavy atom. The molecule has 0 unspecified atom stereocenters. The summed E-state index contributed by atoms with van der Waals surface area (Å²) < 4.78 is 0. The summed E-state index contributed by atoms with van der Waals surface area (Å²) in [5, 5.41) is 0. The number of halogens is 1. The Morgan fingerprint density at radius 3 is 2.09 bits per heavy atom. The van der Waals surface area contributed by atoms with Crippen LogP contribution in [0.5, 0.6) is 0 Å². The van der Waals surface area contributed by atoms with Crippen molar-refractivity contribution in [3.05, 3.63) is 0 Å². The molecule has 3 rings (SSSR count). The number of rotatable bonds is 3. The van der Waals surface area contributed by atoms with Crippen molar-refractivity contribution >= 4 is 11.6 Å².